The molecule has 16 heavy (non-hydrogen) atoms. The van der Waals surface area contributed by atoms with Gasteiger partial charge in [0.25, 0.3) is 0 Å². The van der Waals surface area contributed by atoms with Crippen molar-refractivity contribution in [2.75, 3.05) is 0 Å². The molecule has 0 saturated carbocycles. The summed E-state index contributed by atoms with van der Waals surface area (Å²) in [4.78, 5) is 0. The predicted octanol–water partition coefficient (Wildman–Crippen LogP) is 3.09. The van der Waals surface area contributed by atoms with Gasteiger partial charge in [-0.2, -0.15) is 0 Å². The molecule has 1 atom stereocenters. The van der Waals surface area contributed by atoms with Gasteiger partial charge in [0.2, 0.25) is 0 Å². The van der Waals surface area contributed by atoms with Crippen LogP contribution in [0.3, 0.4) is 0 Å². The second-order valence-electron chi connectivity index (χ2n) is 7.87. The third kappa shape index (κ3) is 3.42. The first-order valence-electron chi connectivity index (χ1n) is 6.06. The molecule has 0 bridgehead atoms. The Balaban J connectivity index is 5.57. The Hall–Kier alpha value is 0.354. The van der Waals surface area contributed by atoms with Gasteiger partial charge in [0.05, 0.1) is 11.2 Å². The largest absolute Gasteiger partial charge is 0.388 e. The summed E-state index contributed by atoms with van der Waals surface area (Å²) < 4.78 is 0. The summed E-state index contributed by atoms with van der Waals surface area (Å²) in [5, 5.41) is 21.3. The molecule has 1 unspecified atom stereocenters. The zero-order valence-corrected chi connectivity index (χ0v) is 14.5. The molecule has 0 spiro atoms. The lowest BCUT2D eigenvalue weighted by Gasteiger charge is -2.52. The minimum atomic E-state index is -1.52. The van der Waals surface area contributed by atoms with Crippen LogP contribution in [-0.2, 0) is 0 Å². The standard InChI is InChI=1S/C12H30O2Si2/c1-11(2,13)12(3,14)10(15(4,5)6)16(7,8)9/h10,13-14H,1-9H3. The first kappa shape index (κ1) is 16.4. The van der Waals surface area contributed by atoms with E-state index in [4.69, 9.17) is 0 Å². The smallest absolute Gasteiger partial charge is 0.0881 e. The van der Waals surface area contributed by atoms with E-state index in [0.29, 0.717) is 0 Å². The van der Waals surface area contributed by atoms with Crippen LogP contribution in [0.1, 0.15) is 20.8 Å². The average Bonchev–Trinajstić information content (AvgIpc) is 1.72. The molecule has 0 aromatic heterocycles. The fraction of sp³-hybridized carbons (Fsp3) is 1.00. The van der Waals surface area contributed by atoms with Crippen LogP contribution >= 0.6 is 0 Å². The quantitative estimate of drug-likeness (QED) is 0.764. The van der Waals surface area contributed by atoms with Crippen molar-refractivity contribution < 1.29 is 10.2 Å². The van der Waals surface area contributed by atoms with Crippen LogP contribution in [-0.4, -0.2) is 37.6 Å². The van der Waals surface area contributed by atoms with Crippen molar-refractivity contribution in [3.05, 3.63) is 0 Å². The van der Waals surface area contributed by atoms with E-state index < -0.39 is 27.3 Å². The summed E-state index contributed by atoms with van der Waals surface area (Å²) in [6.45, 7) is 19.0. The number of aliphatic hydroxyl groups is 2. The Morgan fingerprint density at radius 3 is 1.06 bits per heavy atom. The maximum atomic E-state index is 10.8. The molecule has 0 aliphatic carbocycles. The molecule has 0 amide bonds. The summed E-state index contributed by atoms with van der Waals surface area (Å²) >= 11 is 0. The van der Waals surface area contributed by atoms with Gasteiger partial charge < -0.3 is 10.2 Å². The molecule has 0 aromatic carbocycles. The summed E-state index contributed by atoms with van der Waals surface area (Å²) in [5.74, 6) is 0. The summed E-state index contributed by atoms with van der Waals surface area (Å²) in [5.41, 5.74) is -2.04. The van der Waals surface area contributed by atoms with Crippen LogP contribution in [0.15, 0.2) is 0 Å². The maximum absolute atomic E-state index is 10.8. The van der Waals surface area contributed by atoms with E-state index in [9.17, 15) is 10.2 Å². The van der Waals surface area contributed by atoms with Gasteiger partial charge in [0, 0.05) is 16.1 Å². The number of rotatable bonds is 4. The van der Waals surface area contributed by atoms with Crippen LogP contribution in [0.25, 0.3) is 0 Å². The minimum absolute atomic E-state index is 0.271. The Morgan fingerprint density at radius 1 is 0.750 bits per heavy atom. The van der Waals surface area contributed by atoms with Gasteiger partial charge in [-0.3, -0.25) is 0 Å². The molecular formula is C12H30O2Si2. The highest BCUT2D eigenvalue weighted by Gasteiger charge is 2.54. The Kier molecular flexibility index (Phi) is 4.32. The van der Waals surface area contributed by atoms with Gasteiger partial charge in [0.15, 0.2) is 0 Å². The molecule has 2 nitrogen and oxygen atoms in total. The van der Waals surface area contributed by atoms with Gasteiger partial charge in [-0.25, -0.2) is 0 Å². The van der Waals surface area contributed by atoms with Crippen molar-refractivity contribution in [2.24, 2.45) is 0 Å². The van der Waals surface area contributed by atoms with Crippen LogP contribution in [0.4, 0.5) is 0 Å². The monoisotopic (exact) mass is 262 g/mol. The SMILES string of the molecule is CC(C)(O)C(C)(O)C([Si](C)(C)C)[Si](C)(C)C. The Labute approximate surface area is 103 Å². The third-order valence-electron chi connectivity index (χ3n) is 3.53. The first-order chi connectivity index (χ1) is 6.62. The number of hydrogen-bond donors (Lipinski definition) is 2. The summed E-state index contributed by atoms with van der Waals surface area (Å²) in [6.07, 6.45) is 0. The average molecular weight is 263 g/mol. The second-order valence-corrected chi connectivity index (χ2v) is 19.1. The lowest BCUT2D eigenvalue weighted by molar-refractivity contribution is -0.115. The highest BCUT2D eigenvalue weighted by Crippen LogP contribution is 2.45. The Bertz CT molecular complexity index is 227. The molecule has 0 fully saturated rings. The highest BCUT2D eigenvalue weighted by molar-refractivity contribution is 6.96. The van der Waals surface area contributed by atoms with Crippen molar-refractivity contribution >= 4 is 16.1 Å². The highest BCUT2D eigenvalue weighted by atomic mass is 28.4. The third-order valence-corrected chi connectivity index (χ3v) is 13.3. The zero-order chi connectivity index (χ0) is 13.6. The van der Waals surface area contributed by atoms with Crippen LogP contribution < -0.4 is 0 Å². The molecule has 0 rings (SSSR count). The van der Waals surface area contributed by atoms with E-state index in [1.54, 1.807) is 13.8 Å². The molecule has 2 N–H and O–H groups in total. The molecule has 98 valence electrons. The van der Waals surface area contributed by atoms with Gasteiger partial charge in [-0.1, -0.05) is 39.3 Å². The van der Waals surface area contributed by atoms with Crippen molar-refractivity contribution in [3.63, 3.8) is 0 Å². The zero-order valence-electron chi connectivity index (χ0n) is 12.5. The fourth-order valence-electron chi connectivity index (χ4n) is 3.34. The molecule has 4 heteroatoms. The van der Waals surface area contributed by atoms with E-state index in [1.165, 1.54) is 0 Å². The molecule has 0 radical (unpaired) electrons. The Morgan fingerprint density at radius 2 is 1.00 bits per heavy atom. The van der Waals surface area contributed by atoms with Crippen LogP contribution in [0.2, 0.25) is 44.4 Å². The first-order valence-corrected chi connectivity index (χ1v) is 13.2. The van der Waals surface area contributed by atoms with Crippen LogP contribution in [0.5, 0.6) is 0 Å². The van der Waals surface area contributed by atoms with Crippen LogP contribution in [0, 0.1) is 0 Å². The van der Waals surface area contributed by atoms with Crippen molar-refractivity contribution in [1.29, 1.82) is 0 Å². The minimum Gasteiger partial charge on any atom is -0.388 e. The second kappa shape index (κ2) is 4.23. The maximum Gasteiger partial charge on any atom is 0.0881 e. The van der Waals surface area contributed by atoms with Crippen molar-refractivity contribution in [3.8, 4) is 0 Å². The van der Waals surface area contributed by atoms with E-state index in [0.717, 1.165) is 0 Å². The lowest BCUT2D eigenvalue weighted by Crippen LogP contribution is -2.63. The van der Waals surface area contributed by atoms with E-state index in [1.807, 2.05) is 6.92 Å². The molecule has 0 heterocycles. The molecule has 0 aliphatic heterocycles. The topological polar surface area (TPSA) is 40.5 Å². The van der Waals surface area contributed by atoms with E-state index in [-0.39, 0.29) is 5.16 Å². The lowest BCUT2D eigenvalue weighted by atomic mass is 9.89. The molecule has 0 aromatic rings. The normalized spacial score (nSPS) is 18.8. The van der Waals surface area contributed by atoms with Crippen molar-refractivity contribution in [1.82, 2.24) is 0 Å². The molecule has 0 aliphatic rings. The van der Waals surface area contributed by atoms with E-state index >= 15 is 0 Å². The van der Waals surface area contributed by atoms with E-state index in [2.05, 4.69) is 39.3 Å². The fourth-order valence-corrected chi connectivity index (χ4v) is 17.8. The number of hydrogen-bond acceptors (Lipinski definition) is 2. The summed E-state index contributed by atoms with van der Waals surface area (Å²) in [7, 11) is -3.03. The van der Waals surface area contributed by atoms with Crippen molar-refractivity contribution in [2.45, 2.75) is 76.4 Å². The molecule has 0 saturated heterocycles. The predicted molar refractivity (Wildman–Crippen MR) is 77.4 cm³/mol. The summed E-state index contributed by atoms with van der Waals surface area (Å²) in [6, 6.07) is 0. The van der Waals surface area contributed by atoms with Gasteiger partial charge in [-0.05, 0) is 25.9 Å². The molecular weight excluding hydrogens is 232 g/mol. The van der Waals surface area contributed by atoms with Gasteiger partial charge in [-0.15, -0.1) is 0 Å². The van der Waals surface area contributed by atoms with Gasteiger partial charge in [0.1, 0.15) is 0 Å². The van der Waals surface area contributed by atoms with Gasteiger partial charge >= 0.3 is 0 Å².